The van der Waals surface area contributed by atoms with Crippen LogP contribution in [0.25, 0.3) is 0 Å². The molecule has 0 fully saturated rings. The lowest BCUT2D eigenvalue weighted by Gasteiger charge is -2.05. The Morgan fingerprint density at radius 3 is 2.39 bits per heavy atom. The van der Waals surface area contributed by atoms with E-state index >= 15 is 0 Å². The van der Waals surface area contributed by atoms with E-state index in [1.165, 1.54) is 11.6 Å². The molecule has 0 aliphatic carbocycles. The number of anilines is 1. The first-order valence-corrected chi connectivity index (χ1v) is 7.67. The molecule has 0 aliphatic heterocycles. The Morgan fingerprint density at radius 2 is 1.83 bits per heavy atom. The third-order valence-electron chi connectivity index (χ3n) is 2.11. The second-order valence-electron chi connectivity index (χ2n) is 3.72. The summed E-state index contributed by atoms with van der Waals surface area (Å²) in [7, 11) is 0. The first-order chi connectivity index (χ1) is 11.0. The van der Waals surface area contributed by atoms with Crippen LogP contribution in [0.2, 0.25) is 10.3 Å². The number of rotatable bonds is 3. The molecular weight excluding hydrogens is 375 g/mol. The van der Waals surface area contributed by atoms with Crippen LogP contribution in [0.5, 0.6) is 0 Å². The zero-order valence-electron chi connectivity index (χ0n) is 11.6. The number of thiocarbonyl (C=S) groups is 2. The van der Waals surface area contributed by atoms with Gasteiger partial charge in [-0.05, 0) is 30.4 Å². The van der Waals surface area contributed by atoms with E-state index < -0.39 is 0 Å². The number of aromatic nitrogens is 2. The molecule has 2 aromatic heterocycles. The fourth-order valence-corrected chi connectivity index (χ4v) is 1.76. The Kier molecular flexibility index (Phi) is 9.18. The largest absolute Gasteiger partial charge is 0.332 e. The van der Waals surface area contributed by atoms with Crippen molar-refractivity contribution in [2.75, 3.05) is 5.32 Å². The van der Waals surface area contributed by atoms with Crippen LogP contribution in [0.1, 0.15) is 0 Å². The van der Waals surface area contributed by atoms with E-state index in [4.69, 9.17) is 41.3 Å². The van der Waals surface area contributed by atoms with Crippen LogP contribution in [0.4, 0.5) is 11.4 Å². The predicted octanol–water partition coefficient (Wildman–Crippen LogP) is 3.33. The molecule has 10 heteroatoms. The van der Waals surface area contributed by atoms with Gasteiger partial charge in [0.25, 0.3) is 0 Å². The van der Waals surface area contributed by atoms with Crippen molar-refractivity contribution in [3.05, 3.63) is 47.0 Å². The van der Waals surface area contributed by atoms with E-state index in [1.807, 2.05) is 0 Å². The van der Waals surface area contributed by atoms with E-state index in [9.17, 15) is 0 Å². The van der Waals surface area contributed by atoms with E-state index in [2.05, 4.69) is 37.9 Å². The van der Waals surface area contributed by atoms with Gasteiger partial charge in [0.1, 0.15) is 10.3 Å². The minimum atomic E-state index is 0.331. The second-order valence-corrected chi connectivity index (χ2v) is 5.17. The molecule has 0 amide bonds. The van der Waals surface area contributed by atoms with E-state index in [0.29, 0.717) is 15.4 Å². The van der Waals surface area contributed by atoms with E-state index in [0.717, 1.165) is 11.4 Å². The highest BCUT2D eigenvalue weighted by atomic mass is 35.5. The summed E-state index contributed by atoms with van der Waals surface area (Å²) in [6, 6.07) is 6.79. The Hall–Kier alpha value is -1.71. The van der Waals surface area contributed by atoms with Crippen molar-refractivity contribution in [1.29, 1.82) is 0 Å². The van der Waals surface area contributed by atoms with Crippen LogP contribution >= 0.6 is 47.6 Å². The lowest BCUT2D eigenvalue weighted by molar-refractivity contribution is 1.04. The molecule has 23 heavy (non-hydrogen) atoms. The van der Waals surface area contributed by atoms with Crippen LogP contribution in [0.3, 0.4) is 0 Å². The van der Waals surface area contributed by atoms with Crippen LogP contribution in [-0.2, 0) is 0 Å². The fraction of sp³-hybridized carbons (Fsp3) is 0. The van der Waals surface area contributed by atoms with Crippen molar-refractivity contribution in [3.63, 3.8) is 0 Å². The normalized spacial score (nSPS) is 9.70. The Bertz CT molecular complexity index is 696. The number of hydrazine groups is 1. The topological polar surface area (TPSA) is 88.2 Å². The number of pyridine rings is 2. The molecule has 0 aromatic carbocycles. The average molecular weight is 387 g/mol. The molecule has 0 saturated heterocycles. The van der Waals surface area contributed by atoms with Crippen molar-refractivity contribution >= 4 is 75.7 Å². The summed E-state index contributed by atoms with van der Waals surface area (Å²) < 4.78 is 0. The Labute approximate surface area is 154 Å². The number of aliphatic imine (C=N–C) groups is 1. The highest BCUT2D eigenvalue weighted by molar-refractivity contribution is 7.80. The van der Waals surface area contributed by atoms with Gasteiger partial charge in [-0.2, -0.15) is 0 Å². The van der Waals surface area contributed by atoms with E-state index in [1.54, 1.807) is 36.7 Å². The number of nitrogens with zero attached hydrogens (tertiary/aromatic N) is 3. The van der Waals surface area contributed by atoms with Crippen LogP contribution in [0, 0.1) is 0 Å². The molecule has 0 atom stereocenters. The molecule has 6 nitrogen and oxygen atoms in total. The first kappa shape index (κ1) is 19.3. The summed E-state index contributed by atoms with van der Waals surface area (Å²) in [5.74, 6) is 5.06. The Morgan fingerprint density at radius 1 is 1.17 bits per heavy atom. The lowest BCUT2D eigenvalue weighted by Crippen LogP contribution is -2.34. The lowest BCUT2D eigenvalue weighted by atomic mass is 10.4. The molecule has 0 radical (unpaired) electrons. The molecule has 0 saturated carbocycles. The van der Waals surface area contributed by atoms with Gasteiger partial charge in [-0.25, -0.2) is 15.8 Å². The van der Waals surface area contributed by atoms with Crippen LogP contribution in [0.15, 0.2) is 41.7 Å². The molecule has 0 bridgehead atoms. The molecule has 0 spiro atoms. The summed E-state index contributed by atoms with van der Waals surface area (Å²) in [5.41, 5.74) is 3.79. The monoisotopic (exact) mass is 386 g/mol. The SMILES string of the molecule is NNC(=S)Nc1ccnc(Cl)c1.S=CC=Nc1ccnc(Cl)c1. The molecular formula is C13H12Cl2N6S2. The van der Waals surface area contributed by atoms with Crippen molar-refractivity contribution in [2.24, 2.45) is 10.8 Å². The summed E-state index contributed by atoms with van der Waals surface area (Å²) in [4.78, 5) is 11.6. The number of nitrogens with one attached hydrogen (secondary N) is 2. The zero-order chi connectivity index (χ0) is 17.1. The van der Waals surface area contributed by atoms with Crippen molar-refractivity contribution in [1.82, 2.24) is 15.4 Å². The van der Waals surface area contributed by atoms with Gasteiger partial charge in [-0.1, -0.05) is 35.4 Å². The summed E-state index contributed by atoms with van der Waals surface area (Å²) in [5, 5.41) is 5.41. The van der Waals surface area contributed by atoms with Crippen molar-refractivity contribution < 1.29 is 0 Å². The molecule has 120 valence electrons. The summed E-state index contributed by atoms with van der Waals surface area (Å²) in [6.45, 7) is 0. The van der Waals surface area contributed by atoms with Gasteiger partial charge in [0.2, 0.25) is 0 Å². The van der Waals surface area contributed by atoms with Gasteiger partial charge in [0, 0.05) is 35.7 Å². The maximum atomic E-state index is 5.63. The number of nitrogens with two attached hydrogens (primary N) is 1. The second kappa shape index (κ2) is 10.9. The maximum absolute atomic E-state index is 5.63. The fourth-order valence-electron chi connectivity index (χ4n) is 1.24. The van der Waals surface area contributed by atoms with Crippen molar-refractivity contribution in [3.8, 4) is 0 Å². The molecule has 2 aromatic rings. The average Bonchev–Trinajstić information content (AvgIpc) is 2.53. The highest BCUT2D eigenvalue weighted by Crippen LogP contribution is 2.14. The quantitative estimate of drug-likeness (QED) is 0.245. The minimum Gasteiger partial charge on any atom is -0.332 e. The molecule has 0 aliphatic rings. The standard InChI is InChI=1S/C7H5ClN2S.C6H7ClN4S/c8-7-5-6(1-2-10-7)9-3-4-11;7-5-3-4(1-2-9-5)10-6(12)11-8/h1-5H;1-3H,8H2,(H2,9,10,11,12). The van der Waals surface area contributed by atoms with E-state index in [-0.39, 0.29) is 0 Å². The third kappa shape index (κ3) is 8.48. The van der Waals surface area contributed by atoms with Gasteiger partial charge in [0.15, 0.2) is 5.11 Å². The van der Waals surface area contributed by atoms with Gasteiger partial charge in [0.05, 0.1) is 5.69 Å². The molecule has 2 rings (SSSR count). The first-order valence-electron chi connectivity index (χ1n) is 6.03. The highest BCUT2D eigenvalue weighted by Gasteiger charge is 1.95. The Balaban J connectivity index is 0.000000231. The van der Waals surface area contributed by atoms with Gasteiger partial charge >= 0.3 is 0 Å². The predicted molar refractivity (Wildman–Crippen MR) is 104 cm³/mol. The smallest absolute Gasteiger partial charge is 0.185 e. The van der Waals surface area contributed by atoms with Gasteiger partial charge < -0.3 is 10.7 Å². The summed E-state index contributed by atoms with van der Waals surface area (Å²) >= 11 is 20.6. The number of halogens is 2. The maximum Gasteiger partial charge on any atom is 0.185 e. The molecule has 0 unspecified atom stereocenters. The van der Waals surface area contributed by atoms with Gasteiger partial charge in [-0.3, -0.25) is 4.99 Å². The third-order valence-corrected chi connectivity index (χ3v) is 2.87. The van der Waals surface area contributed by atoms with Crippen LogP contribution < -0.4 is 16.6 Å². The minimum absolute atomic E-state index is 0.331. The molecule has 2 heterocycles. The number of hydrogen-bond acceptors (Lipinski definition) is 6. The summed E-state index contributed by atoms with van der Waals surface area (Å²) in [6.07, 6.45) is 4.70. The molecule has 4 N–H and O–H groups in total. The zero-order valence-corrected chi connectivity index (χ0v) is 14.8. The van der Waals surface area contributed by atoms with Crippen LogP contribution in [-0.4, -0.2) is 26.7 Å². The number of hydrogen-bond donors (Lipinski definition) is 3. The van der Waals surface area contributed by atoms with Gasteiger partial charge in [-0.15, -0.1) is 0 Å². The van der Waals surface area contributed by atoms with Crippen molar-refractivity contribution in [2.45, 2.75) is 0 Å².